The SMILES string of the molecule is CCOC(=O)N1CCC(NC(=O)[C@H](C)NS(=O)(=O)c2ccccc2C(F)(F)F)CC1. The molecule has 1 aromatic rings. The van der Waals surface area contributed by atoms with E-state index in [2.05, 4.69) is 5.32 Å². The molecule has 8 nitrogen and oxygen atoms in total. The normalized spacial score (nSPS) is 16.8. The molecule has 1 heterocycles. The third-order valence-corrected chi connectivity index (χ3v) is 6.17. The number of benzene rings is 1. The molecule has 30 heavy (non-hydrogen) atoms. The van der Waals surface area contributed by atoms with Crippen molar-refractivity contribution >= 4 is 22.0 Å². The quantitative estimate of drug-likeness (QED) is 0.689. The Kier molecular flexibility index (Phi) is 7.70. The number of rotatable bonds is 6. The summed E-state index contributed by atoms with van der Waals surface area (Å²) in [5.41, 5.74) is -1.31. The lowest BCUT2D eigenvalue weighted by atomic mass is 10.1. The number of likely N-dealkylation sites (tertiary alicyclic amines) is 1. The minimum Gasteiger partial charge on any atom is -0.450 e. The third-order valence-electron chi connectivity index (χ3n) is 4.57. The number of sulfonamides is 1. The van der Waals surface area contributed by atoms with Gasteiger partial charge in [-0.05, 0) is 38.8 Å². The van der Waals surface area contributed by atoms with Crippen LogP contribution in [-0.4, -0.2) is 57.1 Å². The number of hydrogen-bond acceptors (Lipinski definition) is 5. The van der Waals surface area contributed by atoms with Gasteiger partial charge in [0.1, 0.15) is 0 Å². The second-order valence-electron chi connectivity index (χ2n) is 6.81. The smallest absolute Gasteiger partial charge is 0.417 e. The Morgan fingerprint density at radius 1 is 1.23 bits per heavy atom. The summed E-state index contributed by atoms with van der Waals surface area (Å²) in [7, 11) is -4.59. The van der Waals surface area contributed by atoms with E-state index >= 15 is 0 Å². The van der Waals surface area contributed by atoms with Crippen LogP contribution >= 0.6 is 0 Å². The molecule has 2 amide bonds. The highest BCUT2D eigenvalue weighted by molar-refractivity contribution is 7.89. The Morgan fingerprint density at radius 3 is 2.40 bits per heavy atom. The highest BCUT2D eigenvalue weighted by atomic mass is 32.2. The van der Waals surface area contributed by atoms with Crippen LogP contribution in [-0.2, 0) is 25.7 Å². The van der Waals surface area contributed by atoms with Gasteiger partial charge in [-0.25, -0.2) is 13.2 Å². The van der Waals surface area contributed by atoms with Crippen LogP contribution in [0, 0.1) is 0 Å². The Morgan fingerprint density at radius 2 is 1.83 bits per heavy atom. The van der Waals surface area contributed by atoms with Crippen molar-refractivity contribution in [3.05, 3.63) is 29.8 Å². The fourth-order valence-corrected chi connectivity index (χ4v) is 4.46. The summed E-state index contributed by atoms with van der Waals surface area (Å²) in [6, 6.07) is 2.17. The van der Waals surface area contributed by atoms with Gasteiger partial charge in [0.15, 0.2) is 0 Å². The van der Waals surface area contributed by atoms with Gasteiger partial charge in [0.05, 0.1) is 23.1 Å². The van der Waals surface area contributed by atoms with Gasteiger partial charge in [0.2, 0.25) is 15.9 Å². The summed E-state index contributed by atoms with van der Waals surface area (Å²) in [6.07, 6.45) is -4.40. The molecule has 0 unspecified atom stereocenters. The van der Waals surface area contributed by atoms with E-state index in [9.17, 15) is 31.2 Å². The fraction of sp³-hybridized carbons (Fsp3) is 0.556. The van der Waals surface area contributed by atoms with Crippen molar-refractivity contribution in [1.82, 2.24) is 14.9 Å². The van der Waals surface area contributed by atoms with Crippen molar-refractivity contribution in [1.29, 1.82) is 0 Å². The van der Waals surface area contributed by atoms with Crippen LogP contribution in [0.3, 0.4) is 0 Å². The molecule has 0 spiro atoms. The zero-order valence-electron chi connectivity index (χ0n) is 16.5. The molecule has 1 aliphatic rings. The molecule has 168 valence electrons. The molecule has 1 atom stereocenters. The zero-order valence-corrected chi connectivity index (χ0v) is 17.3. The topological polar surface area (TPSA) is 105 Å². The standard InChI is InChI=1S/C18H24F3N3O5S/c1-3-29-17(26)24-10-8-13(9-11-24)22-16(25)12(2)23-30(27,28)15-7-5-4-6-14(15)18(19,20)21/h4-7,12-13,23H,3,8-11H2,1-2H3,(H,22,25)/t12-/m0/s1. The van der Waals surface area contributed by atoms with Gasteiger partial charge in [0, 0.05) is 19.1 Å². The van der Waals surface area contributed by atoms with Gasteiger partial charge in [-0.3, -0.25) is 4.79 Å². The maximum Gasteiger partial charge on any atom is 0.417 e. The van der Waals surface area contributed by atoms with Gasteiger partial charge >= 0.3 is 12.3 Å². The van der Waals surface area contributed by atoms with Crippen molar-refractivity contribution in [2.45, 2.75) is 49.8 Å². The highest BCUT2D eigenvalue weighted by Crippen LogP contribution is 2.33. The zero-order chi connectivity index (χ0) is 22.5. The second-order valence-corrected chi connectivity index (χ2v) is 8.49. The number of alkyl halides is 3. The molecule has 1 aliphatic heterocycles. The van der Waals surface area contributed by atoms with E-state index in [0.717, 1.165) is 12.1 Å². The van der Waals surface area contributed by atoms with Crippen molar-refractivity contribution in [3.8, 4) is 0 Å². The summed E-state index contributed by atoms with van der Waals surface area (Å²) in [5, 5.41) is 2.66. The first-order chi connectivity index (χ1) is 14.0. The van der Waals surface area contributed by atoms with E-state index in [1.807, 2.05) is 4.72 Å². The van der Waals surface area contributed by atoms with Gasteiger partial charge in [-0.2, -0.15) is 17.9 Å². The molecule has 0 radical (unpaired) electrons. The number of piperidine rings is 1. The van der Waals surface area contributed by atoms with Gasteiger partial charge in [-0.1, -0.05) is 12.1 Å². The van der Waals surface area contributed by atoms with Crippen LogP contribution in [0.4, 0.5) is 18.0 Å². The number of nitrogens with zero attached hydrogens (tertiary/aromatic N) is 1. The van der Waals surface area contributed by atoms with Gasteiger partial charge < -0.3 is 15.0 Å². The summed E-state index contributed by atoms with van der Waals surface area (Å²) in [4.78, 5) is 24.6. The summed E-state index contributed by atoms with van der Waals surface area (Å²) >= 11 is 0. The van der Waals surface area contributed by atoms with Crippen LogP contribution in [0.15, 0.2) is 29.2 Å². The number of halogens is 3. The molecule has 1 saturated heterocycles. The highest BCUT2D eigenvalue weighted by Gasteiger charge is 2.37. The minimum atomic E-state index is -4.86. The average Bonchev–Trinajstić information content (AvgIpc) is 2.67. The van der Waals surface area contributed by atoms with Crippen LogP contribution in [0.1, 0.15) is 32.3 Å². The second kappa shape index (κ2) is 9.65. The van der Waals surface area contributed by atoms with Gasteiger partial charge in [-0.15, -0.1) is 0 Å². The minimum absolute atomic E-state index is 0.255. The molecule has 2 N–H and O–H groups in total. The maximum absolute atomic E-state index is 13.1. The lowest BCUT2D eigenvalue weighted by molar-refractivity contribution is -0.139. The predicted molar refractivity (Wildman–Crippen MR) is 101 cm³/mol. The van der Waals surface area contributed by atoms with E-state index in [4.69, 9.17) is 4.74 Å². The van der Waals surface area contributed by atoms with Gasteiger partial charge in [0.25, 0.3) is 0 Å². The van der Waals surface area contributed by atoms with Crippen LogP contribution in [0.2, 0.25) is 0 Å². The summed E-state index contributed by atoms with van der Waals surface area (Å²) < 4.78 is 71.1. The number of carbonyl (C=O) groups is 2. The van der Waals surface area contributed by atoms with Crippen molar-refractivity contribution in [3.63, 3.8) is 0 Å². The molecule has 0 bridgehead atoms. The Hall–Kier alpha value is -2.34. The number of amides is 2. The molecule has 0 saturated carbocycles. The van der Waals surface area contributed by atoms with E-state index in [1.165, 1.54) is 17.9 Å². The lowest BCUT2D eigenvalue weighted by Gasteiger charge is -2.32. The van der Waals surface area contributed by atoms with Crippen molar-refractivity contribution in [2.75, 3.05) is 19.7 Å². The first-order valence-corrected chi connectivity index (χ1v) is 10.8. The van der Waals surface area contributed by atoms with Crippen LogP contribution in [0.25, 0.3) is 0 Å². The van der Waals surface area contributed by atoms with E-state index in [1.54, 1.807) is 6.92 Å². The average molecular weight is 451 g/mol. The molecular weight excluding hydrogens is 427 g/mol. The first-order valence-electron chi connectivity index (χ1n) is 9.36. The lowest BCUT2D eigenvalue weighted by Crippen LogP contribution is -2.51. The fourth-order valence-electron chi connectivity index (χ4n) is 3.03. The monoisotopic (exact) mass is 451 g/mol. The Bertz CT molecular complexity index is 868. The van der Waals surface area contributed by atoms with E-state index in [-0.39, 0.29) is 12.6 Å². The Labute approximate surface area is 172 Å². The van der Waals surface area contributed by atoms with E-state index in [0.29, 0.717) is 32.0 Å². The molecule has 1 fully saturated rings. The van der Waals surface area contributed by atoms with Crippen LogP contribution in [0.5, 0.6) is 0 Å². The van der Waals surface area contributed by atoms with E-state index < -0.39 is 44.7 Å². The Balaban J connectivity index is 1.97. The molecule has 2 rings (SSSR count). The summed E-state index contributed by atoms with van der Waals surface area (Å²) in [6.45, 7) is 3.92. The predicted octanol–water partition coefficient (Wildman–Crippen LogP) is 2.11. The molecule has 1 aromatic carbocycles. The number of hydrogen-bond donors (Lipinski definition) is 2. The largest absolute Gasteiger partial charge is 0.450 e. The first kappa shape index (κ1) is 23.9. The number of carbonyl (C=O) groups excluding carboxylic acids is 2. The molecule has 0 aliphatic carbocycles. The molecule has 12 heteroatoms. The van der Waals surface area contributed by atoms with Crippen molar-refractivity contribution < 1.29 is 35.9 Å². The summed E-state index contributed by atoms with van der Waals surface area (Å²) in [5.74, 6) is -0.669. The van der Waals surface area contributed by atoms with Crippen molar-refractivity contribution in [2.24, 2.45) is 0 Å². The number of ether oxygens (including phenoxy) is 1. The molecule has 0 aromatic heterocycles. The maximum atomic E-state index is 13.1. The number of nitrogens with one attached hydrogen (secondary N) is 2. The molecular formula is C18H24F3N3O5S. The third kappa shape index (κ3) is 6.08. The van der Waals surface area contributed by atoms with Crippen LogP contribution < -0.4 is 10.0 Å².